The van der Waals surface area contributed by atoms with Crippen LogP contribution in [0.1, 0.15) is 58.8 Å². The van der Waals surface area contributed by atoms with E-state index in [0.29, 0.717) is 19.3 Å². The van der Waals surface area contributed by atoms with Crippen LogP contribution in [0, 0.1) is 5.92 Å². The lowest BCUT2D eigenvalue weighted by molar-refractivity contribution is -0.150. The van der Waals surface area contributed by atoms with E-state index in [1.54, 1.807) is 0 Å². The number of amides is 4. The summed E-state index contributed by atoms with van der Waals surface area (Å²) < 4.78 is 0. The van der Waals surface area contributed by atoms with Crippen molar-refractivity contribution >= 4 is 23.8 Å². The third-order valence-electron chi connectivity index (χ3n) is 6.41. The molecule has 8 heteroatoms. The molecule has 3 aliphatic rings. The van der Waals surface area contributed by atoms with Gasteiger partial charge in [-0.25, -0.2) is 9.59 Å². The van der Waals surface area contributed by atoms with Crippen molar-refractivity contribution in [3.8, 4) is 0 Å². The maximum Gasteiger partial charge on any atom is 0.326 e. The molecule has 0 spiro atoms. The number of aliphatic carboxylic acids is 1. The SMILES string of the molecule is CCC1(CC)NC(=O)N(CC(=O)N2C(C(=O)O)CC3CCCCC32)C1=O. The van der Waals surface area contributed by atoms with Gasteiger partial charge in [-0.1, -0.05) is 26.7 Å². The zero-order chi connectivity index (χ0) is 19.1. The number of carboxylic acid groups (broad SMARTS) is 1. The number of nitrogens with one attached hydrogen (secondary N) is 1. The molecule has 3 atom stereocenters. The number of carbonyl (C=O) groups is 4. The molecule has 8 nitrogen and oxygen atoms in total. The molecule has 3 fully saturated rings. The van der Waals surface area contributed by atoms with Gasteiger partial charge in [-0.2, -0.15) is 0 Å². The maximum atomic E-state index is 12.9. The van der Waals surface area contributed by atoms with Crippen LogP contribution in [-0.4, -0.2) is 62.9 Å². The quantitative estimate of drug-likeness (QED) is 0.715. The topological polar surface area (TPSA) is 107 Å². The average molecular weight is 365 g/mol. The lowest BCUT2D eigenvalue weighted by Crippen LogP contribution is -2.51. The molecule has 0 bridgehead atoms. The molecule has 0 aromatic rings. The number of fused-ring (bicyclic) bond motifs is 1. The van der Waals surface area contributed by atoms with Crippen LogP contribution in [0.3, 0.4) is 0 Å². The third-order valence-corrected chi connectivity index (χ3v) is 6.41. The van der Waals surface area contributed by atoms with Crippen molar-refractivity contribution in [2.45, 2.75) is 76.4 Å². The van der Waals surface area contributed by atoms with E-state index < -0.39 is 35.4 Å². The number of hydrogen-bond donors (Lipinski definition) is 2. The van der Waals surface area contributed by atoms with Gasteiger partial charge in [0.1, 0.15) is 18.1 Å². The van der Waals surface area contributed by atoms with Gasteiger partial charge in [-0.3, -0.25) is 14.5 Å². The second kappa shape index (κ2) is 6.89. The summed E-state index contributed by atoms with van der Waals surface area (Å²) >= 11 is 0. The third kappa shape index (κ3) is 2.85. The minimum atomic E-state index is -1.01. The molecule has 2 saturated heterocycles. The van der Waals surface area contributed by atoms with Crippen LogP contribution in [0.2, 0.25) is 0 Å². The standard InChI is InChI=1S/C18H27N3O5/c1-3-18(4-2)16(25)20(17(26)19-18)10-14(22)21-12-8-6-5-7-11(12)9-13(21)15(23)24/h11-13H,3-10H2,1-2H3,(H,19,26)(H,23,24). The van der Waals surface area contributed by atoms with Gasteiger partial charge in [-0.15, -0.1) is 0 Å². The Kier molecular flexibility index (Phi) is 4.94. The Balaban J connectivity index is 1.79. The van der Waals surface area contributed by atoms with Gasteiger partial charge < -0.3 is 15.3 Å². The first-order chi connectivity index (χ1) is 12.3. The highest BCUT2D eigenvalue weighted by atomic mass is 16.4. The molecule has 3 unspecified atom stereocenters. The van der Waals surface area contributed by atoms with Crippen LogP contribution in [0.4, 0.5) is 4.79 Å². The Morgan fingerprint density at radius 1 is 1.19 bits per heavy atom. The molecule has 0 aromatic heterocycles. The summed E-state index contributed by atoms with van der Waals surface area (Å²) in [7, 11) is 0. The summed E-state index contributed by atoms with van der Waals surface area (Å²) in [6.45, 7) is 3.25. The predicted octanol–water partition coefficient (Wildman–Crippen LogP) is 1.34. The van der Waals surface area contributed by atoms with Crippen molar-refractivity contribution < 1.29 is 24.3 Å². The van der Waals surface area contributed by atoms with E-state index in [9.17, 15) is 24.3 Å². The molecule has 1 aliphatic carbocycles. The first-order valence-corrected chi connectivity index (χ1v) is 9.52. The normalized spacial score (nSPS) is 30.3. The highest BCUT2D eigenvalue weighted by Crippen LogP contribution is 2.40. The van der Waals surface area contributed by atoms with Crippen LogP contribution in [0.5, 0.6) is 0 Å². The van der Waals surface area contributed by atoms with Crippen LogP contribution in [0.25, 0.3) is 0 Å². The summed E-state index contributed by atoms with van der Waals surface area (Å²) in [6.07, 6.45) is 5.09. The van der Waals surface area contributed by atoms with E-state index in [1.165, 1.54) is 4.90 Å². The van der Waals surface area contributed by atoms with E-state index in [-0.39, 0.29) is 18.5 Å². The lowest BCUT2D eigenvalue weighted by Gasteiger charge is -2.33. The molecule has 2 aliphatic heterocycles. The number of nitrogens with zero attached hydrogens (tertiary/aromatic N) is 2. The average Bonchev–Trinajstić information content (AvgIpc) is 3.13. The Labute approximate surface area is 152 Å². The number of likely N-dealkylation sites (tertiary alicyclic amines) is 1. The molecule has 2 N–H and O–H groups in total. The van der Waals surface area contributed by atoms with E-state index in [4.69, 9.17) is 0 Å². The highest BCUT2D eigenvalue weighted by Gasteiger charge is 2.52. The van der Waals surface area contributed by atoms with Gasteiger partial charge >= 0.3 is 12.0 Å². The zero-order valence-electron chi connectivity index (χ0n) is 15.4. The van der Waals surface area contributed by atoms with Gasteiger partial charge in [0.15, 0.2) is 0 Å². The fraction of sp³-hybridized carbons (Fsp3) is 0.778. The summed E-state index contributed by atoms with van der Waals surface area (Å²) in [5.41, 5.74) is -0.956. The van der Waals surface area contributed by atoms with Crippen LogP contribution < -0.4 is 5.32 Å². The van der Waals surface area contributed by atoms with Gasteiger partial charge in [-0.05, 0) is 38.0 Å². The molecular formula is C18H27N3O5. The van der Waals surface area contributed by atoms with Crippen molar-refractivity contribution in [2.24, 2.45) is 5.92 Å². The van der Waals surface area contributed by atoms with Gasteiger partial charge in [0.2, 0.25) is 5.91 Å². The predicted molar refractivity (Wildman–Crippen MR) is 92.2 cm³/mol. The van der Waals surface area contributed by atoms with Crippen molar-refractivity contribution in [1.82, 2.24) is 15.1 Å². The largest absolute Gasteiger partial charge is 0.480 e. The molecule has 3 rings (SSSR count). The Morgan fingerprint density at radius 3 is 2.42 bits per heavy atom. The number of carbonyl (C=O) groups excluding carboxylic acids is 3. The molecule has 0 radical (unpaired) electrons. The van der Waals surface area contributed by atoms with Crippen LogP contribution in [0.15, 0.2) is 0 Å². The van der Waals surface area contributed by atoms with Crippen molar-refractivity contribution in [3.05, 3.63) is 0 Å². The number of urea groups is 1. The smallest absolute Gasteiger partial charge is 0.326 e. The second-order valence-corrected chi connectivity index (χ2v) is 7.61. The zero-order valence-corrected chi connectivity index (χ0v) is 15.4. The van der Waals surface area contributed by atoms with Gasteiger partial charge in [0.25, 0.3) is 5.91 Å². The number of carboxylic acids is 1. The van der Waals surface area contributed by atoms with Crippen LogP contribution in [-0.2, 0) is 14.4 Å². The fourth-order valence-corrected chi connectivity index (χ4v) is 4.81. The van der Waals surface area contributed by atoms with E-state index in [1.807, 2.05) is 13.8 Å². The van der Waals surface area contributed by atoms with E-state index >= 15 is 0 Å². The van der Waals surface area contributed by atoms with E-state index in [2.05, 4.69) is 5.32 Å². The number of imide groups is 1. The summed E-state index contributed by atoms with van der Waals surface area (Å²) in [5, 5.41) is 12.3. The lowest BCUT2D eigenvalue weighted by atomic mass is 9.85. The monoisotopic (exact) mass is 365 g/mol. The Bertz CT molecular complexity index is 630. The van der Waals surface area contributed by atoms with Gasteiger partial charge in [0, 0.05) is 6.04 Å². The minimum Gasteiger partial charge on any atom is -0.480 e. The highest BCUT2D eigenvalue weighted by molar-refractivity contribution is 6.09. The molecule has 0 aromatic carbocycles. The number of rotatable bonds is 5. The summed E-state index contributed by atoms with van der Waals surface area (Å²) in [6, 6.07) is -1.53. The fourth-order valence-electron chi connectivity index (χ4n) is 4.81. The van der Waals surface area contributed by atoms with Crippen molar-refractivity contribution in [2.75, 3.05) is 6.54 Å². The van der Waals surface area contributed by atoms with Gasteiger partial charge in [0.05, 0.1) is 0 Å². The first kappa shape index (κ1) is 18.7. The summed E-state index contributed by atoms with van der Waals surface area (Å²) in [4.78, 5) is 52.0. The molecule has 144 valence electrons. The second-order valence-electron chi connectivity index (χ2n) is 7.61. The van der Waals surface area contributed by atoms with E-state index in [0.717, 1.165) is 30.6 Å². The molecule has 1 saturated carbocycles. The van der Waals surface area contributed by atoms with Crippen LogP contribution >= 0.6 is 0 Å². The van der Waals surface area contributed by atoms with Crippen molar-refractivity contribution in [1.29, 1.82) is 0 Å². The van der Waals surface area contributed by atoms with Crippen molar-refractivity contribution in [3.63, 3.8) is 0 Å². The number of hydrogen-bond acceptors (Lipinski definition) is 4. The molecule has 26 heavy (non-hydrogen) atoms. The Hall–Kier alpha value is -2.12. The molecule has 2 heterocycles. The minimum absolute atomic E-state index is 0.0970. The Morgan fingerprint density at radius 2 is 1.85 bits per heavy atom. The molecule has 4 amide bonds. The molecular weight excluding hydrogens is 338 g/mol. The maximum absolute atomic E-state index is 12.9. The first-order valence-electron chi connectivity index (χ1n) is 9.52. The summed E-state index contributed by atoms with van der Waals surface area (Å²) in [5.74, 6) is -1.66.